The van der Waals surface area contributed by atoms with Crippen molar-refractivity contribution >= 4 is 33.5 Å². The van der Waals surface area contributed by atoms with Crippen molar-refractivity contribution in [3.05, 3.63) is 96.0 Å². The van der Waals surface area contributed by atoms with Crippen LogP contribution in [0.15, 0.2) is 95.4 Å². The van der Waals surface area contributed by atoms with E-state index in [2.05, 4.69) is 48.5 Å². The van der Waals surface area contributed by atoms with E-state index in [9.17, 15) is 0 Å². The average molecular weight is 355 g/mol. The summed E-state index contributed by atoms with van der Waals surface area (Å²) in [5.74, 6) is 0. The van der Waals surface area contributed by atoms with E-state index in [1.165, 1.54) is 0 Å². The van der Waals surface area contributed by atoms with Gasteiger partial charge in [-0.25, -0.2) is 0 Å². The molecule has 0 radical (unpaired) electrons. The first-order valence-electron chi connectivity index (χ1n) is 8.57. The van der Waals surface area contributed by atoms with Crippen LogP contribution in [0.25, 0.3) is 44.2 Å². The summed E-state index contributed by atoms with van der Waals surface area (Å²) in [4.78, 5) is 0. The Morgan fingerprint density at radius 3 is 1.96 bits per heavy atom. The molecule has 1 aromatic heterocycles. The molecule has 0 amide bonds. The zero-order chi connectivity index (χ0) is 17.5. The lowest BCUT2D eigenvalue weighted by atomic mass is 10.0. The lowest BCUT2D eigenvalue weighted by molar-refractivity contribution is 0.670. The molecule has 4 aromatic carbocycles. The van der Waals surface area contributed by atoms with E-state index in [1.807, 2.05) is 42.5 Å². The summed E-state index contributed by atoms with van der Waals surface area (Å²) in [5.41, 5.74) is 6.07. The predicted octanol–water partition coefficient (Wildman–Crippen LogP) is 7.57. The van der Waals surface area contributed by atoms with Crippen LogP contribution in [-0.2, 0) is 0 Å². The molecule has 0 aliphatic carbocycles. The smallest absolute Gasteiger partial charge is 0.154 e. The van der Waals surface area contributed by atoms with Gasteiger partial charge in [0.1, 0.15) is 5.58 Å². The molecule has 0 spiro atoms. The number of hydrogen-bond acceptors (Lipinski definition) is 1. The summed E-state index contributed by atoms with van der Waals surface area (Å²) in [6.45, 7) is 0. The quantitative estimate of drug-likeness (QED) is 0.318. The normalized spacial score (nSPS) is 11.3. The van der Waals surface area contributed by atoms with Gasteiger partial charge in [0.15, 0.2) is 5.58 Å². The SMILES string of the molecule is Clc1cc(-c2ccccc2)cc2c1oc1c(-c3ccccc3)cccc12. The van der Waals surface area contributed by atoms with Crippen LogP contribution < -0.4 is 0 Å². The summed E-state index contributed by atoms with van der Waals surface area (Å²) in [6, 6.07) is 31.0. The van der Waals surface area contributed by atoms with E-state index in [4.69, 9.17) is 16.0 Å². The summed E-state index contributed by atoms with van der Waals surface area (Å²) < 4.78 is 6.23. The van der Waals surface area contributed by atoms with Crippen LogP contribution in [0.3, 0.4) is 0 Å². The first kappa shape index (κ1) is 15.2. The Bertz CT molecular complexity index is 1220. The van der Waals surface area contributed by atoms with Crippen LogP contribution in [0.1, 0.15) is 0 Å². The van der Waals surface area contributed by atoms with Crippen LogP contribution >= 0.6 is 11.6 Å². The maximum atomic E-state index is 6.59. The molecule has 5 rings (SSSR count). The topological polar surface area (TPSA) is 13.1 Å². The van der Waals surface area contributed by atoms with E-state index in [0.717, 1.165) is 44.2 Å². The maximum absolute atomic E-state index is 6.59. The number of furan rings is 1. The molecule has 2 heteroatoms. The monoisotopic (exact) mass is 354 g/mol. The number of para-hydroxylation sites is 1. The Balaban J connectivity index is 1.82. The van der Waals surface area contributed by atoms with Gasteiger partial charge in [0.05, 0.1) is 5.02 Å². The summed E-state index contributed by atoms with van der Waals surface area (Å²) in [7, 11) is 0. The highest BCUT2D eigenvalue weighted by Gasteiger charge is 2.15. The summed E-state index contributed by atoms with van der Waals surface area (Å²) in [6.07, 6.45) is 0. The summed E-state index contributed by atoms with van der Waals surface area (Å²) >= 11 is 6.59. The van der Waals surface area contributed by atoms with Gasteiger partial charge in [0.25, 0.3) is 0 Å². The second kappa shape index (κ2) is 6.05. The van der Waals surface area contributed by atoms with Gasteiger partial charge in [-0.2, -0.15) is 0 Å². The molecule has 1 heterocycles. The van der Waals surface area contributed by atoms with Crippen LogP contribution in [0.2, 0.25) is 5.02 Å². The summed E-state index contributed by atoms with van der Waals surface area (Å²) in [5, 5.41) is 2.77. The highest BCUT2D eigenvalue weighted by molar-refractivity contribution is 6.36. The Morgan fingerprint density at radius 1 is 0.538 bits per heavy atom. The molecule has 0 fully saturated rings. The van der Waals surface area contributed by atoms with Gasteiger partial charge < -0.3 is 4.42 Å². The van der Waals surface area contributed by atoms with Gasteiger partial charge in [-0.1, -0.05) is 90.5 Å². The largest absolute Gasteiger partial charge is 0.454 e. The van der Waals surface area contributed by atoms with Crippen molar-refractivity contribution < 1.29 is 4.42 Å². The molecule has 1 nitrogen and oxygen atoms in total. The molecule has 0 unspecified atom stereocenters. The molecule has 0 bridgehead atoms. The van der Waals surface area contributed by atoms with Crippen LogP contribution in [0.5, 0.6) is 0 Å². The molecule has 0 aliphatic heterocycles. The van der Waals surface area contributed by atoms with Crippen molar-refractivity contribution in [1.29, 1.82) is 0 Å². The Hall–Kier alpha value is -3.03. The minimum Gasteiger partial charge on any atom is -0.454 e. The zero-order valence-electron chi connectivity index (χ0n) is 13.9. The van der Waals surface area contributed by atoms with E-state index in [1.54, 1.807) is 0 Å². The molecular formula is C24H15ClO. The molecule has 0 saturated heterocycles. The van der Waals surface area contributed by atoms with Gasteiger partial charge >= 0.3 is 0 Å². The Morgan fingerprint density at radius 2 is 1.23 bits per heavy atom. The van der Waals surface area contributed by atoms with Gasteiger partial charge in [0.2, 0.25) is 0 Å². The van der Waals surface area contributed by atoms with E-state index < -0.39 is 0 Å². The number of hydrogen-bond donors (Lipinski definition) is 0. The third kappa shape index (κ3) is 2.40. The maximum Gasteiger partial charge on any atom is 0.154 e. The predicted molar refractivity (Wildman–Crippen MR) is 110 cm³/mol. The molecule has 0 N–H and O–H groups in total. The Labute approximate surface area is 156 Å². The van der Waals surface area contributed by atoms with E-state index >= 15 is 0 Å². The average Bonchev–Trinajstić information content (AvgIpc) is 3.09. The molecule has 0 atom stereocenters. The number of rotatable bonds is 2. The van der Waals surface area contributed by atoms with Gasteiger partial charge in [-0.15, -0.1) is 0 Å². The standard InChI is InChI=1S/C24H15ClO/c25-22-15-18(16-8-3-1-4-9-16)14-21-20-13-7-12-19(23(20)26-24(21)22)17-10-5-2-6-11-17/h1-15H. The van der Waals surface area contributed by atoms with Crippen LogP contribution in [-0.4, -0.2) is 0 Å². The van der Waals surface area contributed by atoms with Gasteiger partial charge in [0, 0.05) is 16.3 Å². The fourth-order valence-corrected chi connectivity index (χ4v) is 3.76. The first-order chi connectivity index (χ1) is 12.8. The molecule has 0 saturated carbocycles. The van der Waals surface area contributed by atoms with Crippen molar-refractivity contribution in [2.45, 2.75) is 0 Å². The first-order valence-corrected chi connectivity index (χ1v) is 8.95. The highest BCUT2D eigenvalue weighted by Crippen LogP contribution is 2.40. The van der Waals surface area contributed by atoms with Crippen molar-refractivity contribution in [2.24, 2.45) is 0 Å². The lowest BCUT2D eigenvalue weighted by Crippen LogP contribution is -1.79. The second-order valence-electron chi connectivity index (χ2n) is 6.35. The molecular weight excluding hydrogens is 340 g/mol. The van der Waals surface area contributed by atoms with Gasteiger partial charge in [-0.05, 0) is 28.8 Å². The minimum absolute atomic E-state index is 0.636. The van der Waals surface area contributed by atoms with Crippen LogP contribution in [0.4, 0.5) is 0 Å². The fraction of sp³-hybridized carbons (Fsp3) is 0. The molecule has 0 aliphatic rings. The molecule has 26 heavy (non-hydrogen) atoms. The lowest BCUT2D eigenvalue weighted by Gasteiger charge is -2.03. The van der Waals surface area contributed by atoms with Gasteiger partial charge in [-0.3, -0.25) is 0 Å². The molecule has 5 aromatic rings. The van der Waals surface area contributed by atoms with E-state index in [0.29, 0.717) is 5.02 Å². The highest BCUT2D eigenvalue weighted by atomic mass is 35.5. The third-order valence-electron chi connectivity index (χ3n) is 4.74. The van der Waals surface area contributed by atoms with Crippen molar-refractivity contribution in [3.8, 4) is 22.3 Å². The Kier molecular flexibility index (Phi) is 3.55. The van der Waals surface area contributed by atoms with Crippen molar-refractivity contribution in [1.82, 2.24) is 0 Å². The van der Waals surface area contributed by atoms with Crippen LogP contribution in [0, 0.1) is 0 Å². The van der Waals surface area contributed by atoms with Crippen molar-refractivity contribution in [2.75, 3.05) is 0 Å². The number of halogens is 1. The minimum atomic E-state index is 0.636. The molecule has 124 valence electrons. The fourth-order valence-electron chi connectivity index (χ4n) is 3.50. The van der Waals surface area contributed by atoms with Crippen molar-refractivity contribution in [3.63, 3.8) is 0 Å². The zero-order valence-corrected chi connectivity index (χ0v) is 14.7. The second-order valence-corrected chi connectivity index (χ2v) is 6.76. The third-order valence-corrected chi connectivity index (χ3v) is 5.03. The number of fused-ring (bicyclic) bond motifs is 3. The number of benzene rings is 4. The van der Waals surface area contributed by atoms with E-state index in [-0.39, 0.29) is 0 Å².